The molecule has 2 aliphatic rings. The molecule has 1 aromatic heterocycles. The molecule has 0 spiro atoms. The first kappa shape index (κ1) is 31.0. The quantitative estimate of drug-likeness (QED) is 0.181. The number of anilines is 2. The summed E-state index contributed by atoms with van der Waals surface area (Å²) in [5, 5.41) is 3.20. The fraction of sp³-hybridized carbons (Fsp3) is 0.294. The Morgan fingerprint density at radius 1 is 0.891 bits per heavy atom. The van der Waals surface area contributed by atoms with Gasteiger partial charge >= 0.3 is 6.03 Å². The number of ether oxygens (including phenoxy) is 3. The molecular formula is C34H34F3N5O4. The van der Waals surface area contributed by atoms with Crippen molar-refractivity contribution in [3.05, 3.63) is 90.6 Å². The maximum absolute atomic E-state index is 15.2. The number of hydrogen-bond donors (Lipinski definition) is 1. The van der Waals surface area contributed by atoms with Crippen molar-refractivity contribution in [3.63, 3.8) is 0 Å². The van der Waals surface area contributed by atoms with Gasteiger partial charge < -0.3 is 29.3 Å². The number of carbonyl (C=O) groups is 1. The second-order valence-electron chi connectivity index (χ2n) is 11.1. The Hall–Kier alpha value is -4.97. The molecule has 0 saturated carbocycles. The van der Waals surface area contributed by atoms with Crippen LogP contribution in [0.3, 0.4) is 0 Å². The Bertz CT molecular complexity index is 1730. The van der Waals surface area contributed by atoms with Crippen molar-refractivity contribution in [2.75, 3.05) is 50.2 Å². The number of carbonyl (C=O) groups excluding carboxylic acids is 1. The number of urea groups is 1. The number of halogens is 3. The Morgan fingerprint density at radius 2 is 1.70 bits per heavy atom. The van der Waals surface area contributed by atoms with Gasteiger partial charge in [0.05, 0.1) is 19.2 Å². The SMILES string of the molecule is COc1cc2c(Oc3ccc(NC(=O)N4C=CN(c5c(F)cccc5F)C4)cc3F)ccnc2cc1OCCCN1CCCCC1. The molecule has 2 amide bonds. The maximum atomic E-state index is 15.2. The zero-order chi connectivity index (χ0) is 32.0. The van der Waals surface area contributed by atoms with E-state index >= 15 is 4.39 Å². The topological polar surface area (TPSA) is 79.4 Å². The second kappa shape index (κ2) is 14.0. The van der Waals surface area contributed by atoms with E-state index in [1.165, 1.54) is 59.7 Å². The Balaban J connectivity index is 1.09. The fourth-order valence-electron chi connectivity index (χ4n) is 5.58. The summed E-state index contributed by atoms with van der Waals surface area (Å²) < 4.78 is 61.1. The number of piperidine rings is 1. The number of likely N-dealkylation sites (tertiary alicyclic amines) is 1. The van der Waals surface area contributed by atoms with Crippen molar-refractivity contribution >= 4 is 28.3 Å². The minimum atomic E-state index is -0.752. The fourth-order valence-corrected chi connectivity index (χ4v) is 5.58. The van der Waals surface area contributed by atoms with Crippen LogP contribution in [0.15, 0.2) is 73.2 Å². The van der Waals surface area contributed by atoms with Crippen LogP contribution in [0.25, 0.3) is 10.9 Å². The van der Waals surface area contributed by atoms with Gasteiger partial charge in [0, 0.05) is 48.3 Å². The lowest BCUT2D eigenvalue weighted by molar-refractivity contribution is 0.203. The van der Waals surface area contributed by atoms with Gasteiger partial charge in [0.2, 0.25) is 0 Å². The molecule has 0 bridgehead atoms. The highest BCUT2D eigenvalue weighted by Gasteiger charge is 2.24. The summed E-state index contributed by atoms with van der Waals surface area (Å²) in [6.07, 6.45) is 9.03. The molecular weight excluding hydrogens is 599 g/mol. The van der Waals surface area contributed by atoms with Crippen molar-refractivity contribution in [1.29, 1.82) is 0 Å². The predicted molar refractivity (Wildman–Crippen MR) is 169 cm³/mol. The van der Waals surface area contributed by atoms with Gasteiger partial charge in [-0.1, -0.05) is 12.5 Å². The van der Waals surface area contributed by atoms with Crippen molar-refractivity contribution in [2.24, 2.45) is 0 Å². The van der Waals surface area contributed by atoms with Crippen LogP contribution >= 0.6 is 0 Å². The highest BCUT2D eigenvalue weighted by Crippen LogP contribution is 2.38. The molecule has 46 heavy (non-hydrogen) atoms. The van der Waals surface area contributed by atoms with Gasteiger partial charge in [0.15, 0.2) is 23.1 Å². The number of methoxy groups -OCH3 is 1. The Labute approximate surface area is 264 Å². The molecule has 0 radical (unpaired) electrons. The third kappa shape index (κ3) is 6.96. The normalized spacial score (nSPS) is 15.0. The van der Waals surface area contributed by atoms with E-state index in [2.05, 4.69) is 15.2 Å². The van der Waals surface area contributed by atoms with E-state index in [1.807, 2.05) is 0 Å². The van der Waals surface area contributed by atoms with Gasteiger partial charge in [-0.2, -0.15) is 0 Å². The molecule has 1 saturated heterocycles. The number of pyridine rings is 1. The highest BCUT2D eigenvalue weighted by atomic mass is 19.1. The summed E-state index contributed by atoms with van der Waals surface area (Å²) in [5.41, 5.74) is 0.494. The van der Waals surface area contributed by atoms with E-state index in [-0.39, 0.29) is 23.8 Å². The van der Waals surface area contributed by atoms with Crippen molar-refractivity contribution in [3.8, 4) is 23.0 Å². The van der Waals surface area contributed by atoms with Crippen LogP contribution in [0.1, 0.15) is 25.7 Å². The van der Waals surface area contributed by atoms with E-state index in [4.69, 9.17) is 14.2 Å². The van der Waals surface area contributed by atoms with Crippen LogP contribution in [0, 0.1) is 17.5 Å². The molecule has 240 valence electrons. The monoisotopic (exact) mass is 633 g/mol. The number of nitrogens with one attached hydrogen (secondary N) is 1. The van der Waals surface area contributed by atoms with E-state index < -0.39 is 23.5 Å². The molecule has 3 heterocycles. The molecule has 4 aromatic rings. The van der Waals surface area contributed by atoms with Gasteiger partial charge in [-0.25, -0.2) is 18.0 Å². The minimum absolute atomic E-state index is 0.0650. The molecule has 1 N–H and O–H groups in total. The smallest absolute Gasteiger partial charge is 0.327 e. The first-order valence-electron chi connectivity index (χ1n) is 15.2. The average Bonchev–Trinajstić information content (AvgIpc) is 3.54. The molecule has 2 aliphatic heterocycles. The van der Waals surface area contributed by atoms with Crippen LogP contribution in [-0.4, -0.2) is 60.8 Å². The number of amides is 2. The maximum Gasteiger partial charge on any atom is 0.327 e. The summed E-state index contributed by atoms with van der Waals surface area (Å²) in [5.74, 6) is -0.846. The first-order chi connectivity index (χ1) is 22.4. The molecule has 0 unspecified atom stereocenters. The van der Waals surface area contributed by atoms with E-state index in [1.54, 1.807) is 31.5 Å². The number of benzene rings is 3. The molecule has 0 aliphatic carbocycles. The third-order valence-electron chi connectivity index (χ3n) is 7.93. The predicted octanol–water partition coefficient (Wildman–Crippen LogP) is 7.49. The second-order valence-corrected chi connectivity index (χ2v) is 11.1. The number of hydrogen-bond acceptors (Lipinski definition) is 7. The molecule has 6 rings (SSSR count). The number of para-hydroxylation sites is 1. The molecule has 9 nitrogen and oxygen atoms in total. The van der Waals surface area contributed by atoms with Gasteiger partial charge in [-0.05, 0) is 68.8 Å². The number of nitrogens with zero attached hydrogens (tertiary/aromatic N) is 4. The van der Waals surface area contributed by atoms with Gasteiger partial charge in [0.25, 0.3) is 0 Å². The molecule has 3 aromatic carbocycles. The zero-order valence-electron chi connectivity index (χ0n) is 25.3. The summed E-state index contributed by atoms with van der Waals surface area (Å²) in [6.45, 7) is 3.68. The Kier molecular flexibility index (Phi) is 9.43. The molecule has 0 atom stereocenters. The van der Waals surface area contributed by atoms with E-state index in [0.29, 0.717) is 34.8 Å². The average molecular weight is 634 g/mol. The summed E-state index contributed by atoms with van der Waals surface area (Å²) in [7, 11) is 1.55. The van der Waals surface area contributed by atoms with Crippen LogP contribution in [0.2, 0.25) is 0 Å². The van der Waals surface area contributed by atoms with Crippen LogP contribution in [0.4, 0.5) is 29.3 Å². The van der Waals surface area contributed by atoms with Gasteiger partial charge in [-0.3, -0.25) is 9.88 Å². The highest BCUT2D eigenvalue weighted by molar-refractivity contribution is 5.91. The molecule has 1 fully saturated rings. The first-order valence-corrected chi connectivity index (χ1v) is 15.2. The van der Waals surface area contributed by atoms with Crippen molar-refractivity contribution in [2.45, 2.75) is 25.7 Å². The zero-order valence-corrected chi connectivity index (χ0v) is 25.3. The van der Waals surface area contributed by atoms with Crippen molar-refractivity contribution < 1.29 is 32.2 Å². The van der Waals surface area contributed by atoms with Crippen LogP contribution in [0.5, 0.6) is 23.0 Å². The Morgan fingerprint density at radius 3 is 2.46 bits per heavy atom. The van der Waals surface area contributed by atoms with Gasteiger partial charge in [-0.15, -0.1) is 0 Å². The third-order valence-corrected chi connectivity index (χ3v) is 7.93. The standard InChI is InChI=1S/C34H34F3N5O4/c1-44-31-20-24-28(21-32(31)45-18-6-15-40-13-3-2-4-14-40)38-12-11-29(24)46-30-10-9-23(19-27(30)37)39-34(43)42-17-16-41(22-42)33-25(35)7-5-8-26(33)36/h5,7-12,16-17,19-21H,2-4,6,13-15,18,22H2,1H3,(H,39,43). The number of aromatic nitrogens is 1. The number of fused-ring (bicyclic) bond motifs is 1. The lowest BCUT2D eigenvalue weighted by Crippen LogP contribution is -2.34. The summed E-state index contributed by atoms with van der Waals surface area (Å²) in [6, 6.07) is 12.1. The van der Waals surface area contributed by atoms with Crippen LogP contribution < -0.4 is 24.4 Å². The van der Waals surface area contributed by atoms with E-state index in [9.17, 15) is 13.6 Å². The summed E-state index contributed by atoms with van der Waals surface area (Å²) >= 11 is 0. The van der Waals surface area contributed by atoms with E-state index in [0.717, 1.165) is 44.3 Å². The largest absolute Gasteiger partial charge is 0.493 e. The summed E-state index contributed by atoms with van der Waals surface area (Å²) in [4.78, 5) is 22.2. The van der Waals surface area contributed by atoms with Crippen LogP contribution in [-0.2, 0) is 0 Å². The number of rotatable bonds is 10. The lowest BCUT2D eigenvalue weighted by atomic mass is 10.1. The van der Waals surface area contributed by atoms with Gasteiger partial charge in [0.1, 0.15) is 29.7 Å². The molecule has 12 heteroatoms. The lowest BCUT2D eigenvalue weighted by Gasteiger charge is -2.26. The minimum Gasteiger partial charge on any atom is -0.493 e. The van der Waals surface area contributed by atoms with Crippen molar-refractivity contribution in [1.82, 2.24) is 14.8 Å².